The number of ether oxygens (including phenoxy) is 1. The van der Waals surface area contributed by atoms with E-state index in [0.717, 1.165) is 12.8 Å². The fourth-order valence-electron chi connectivity index (χ4n) is 1.30. The number of primary amides is 1. The normalized spacial score (nSPS) is 15.8. The van der Waals surface area contributed by atoms with Gasteiger partial charge in [-0.25, -0.2) is 0 Å². The minimum absolute atomic E-state index is 0.406. The van der Waals surface area contributed by atoms with Crippen molar-refractivity contribution in [3.63, 3.8) is 0 Å². The molecule has 1 rings (SSSR count). The number of halogens is 1. The number of nitrogens with two attached hydrogens (primary N) is 1. The van der Waals surface area contributed by atoms with Crippen molar-refractivity contribution in [3.05, 3.63) is 34.6 Å². The molecule has 0 heterocycles. The first kappa shape index (κ1) is 12.8. The van der Waals surface area contributed by atoms with Gasteiger partial charge in [0.15, 0.2) is 0 Å². The predicted molar refractivity (Wildman–Crippen MR) is 64.8 cm³/mol. The fraction of sp³-hybridized carbons (Fsp3) is 0.417. The van der Waals surface area contributed by atoms with E-state index in [1.165, 1.54) is 0 Å². The monoisotopic (exact) mass is 241 g/mol. The second-order valence-corrected chi connectivity index (χ2v) is 4.02. The maximum Gasteiger partial charge on any atom is 0.252 e. The molecule has 0 radical (unpaired) electrons. The molecule has 1 aliphatic rings. The summed E-state index contributed by atoms with van der Waals surface area (Å²) in [6, 6.07) is 0. The van der Waals surface area contributed by atoms with E-state index in [-0.39, 0.29) is 0 Å². The van der Waals surface area contributed by atoms with Crippen LogP contribution in [0.3, 0.4) is 0 Å². The van der Waals surface area contributed by atoms with Crippen LogP contribution in [0.25, 0.3) is 0 Å². The molecular weight excluding hydrogens is 226 g/mol. The number of carbonyl (C=O) groups is 1. The van der Waals surface area contributed by atoms with Gasteiger partial charge in [0.25, 0.3) is 5.91 Å². The van der Waals surface area contributed by atoms with E-state index in [9.17, 15) is 4.79 Å². The lowest BCUT2D eigenvalue weighted by Gasteiger charge is -2.10. The van der Waals surface area contributed by atoms with Crippen LogP contribution in [0, 0.1) is 0 Å². The van der Waals surface area contributed by atoms with Gasteiger partial charge in [-0.15, -0.1) is 0 Å². The summed E-state index contributed by atoms with van der Waals surface area (Å²) in [6.07, 6.45) is 7.63. The lowest BCUT2D eigenvalue weighted by molar-refractivity contribution is -0.114. The van der Waals surface area contributed by atoms with Crippen LogP contribution < -0.4 is 5.73 Å². The maximum absolute atomic E-state index is 11.2. The second-order valence-electron chi connectivity index (χ2n) is 3.53. The molecule has 0 atom stereocenters. The van der Waals surface area contributed by atoms with Gasteiger partial charge in [0.1, 0.15) is 5.76 Å². The summed E-state index contributed by atoms with van der Waals surface area (Å²) in [7, 11) is 0. The smallest absolute Gasteiger partial charge is 0.252 e. The van der Waals surface area contributed by atoms with Crippen molar-refractivity contribution in [2.24, 2.45) is 5.73 Å². The first-order valence-corrected chi connectivity index (χ1v) is 5.72. The molecule has 0 spiro atoms. The average Bonchev–Trinajstić information content (AvgIpc) is 2.41. The quantitative estimate of drug-likeness (QED) is 0.753. The van der Waals surface area contributed by atoms with Gasteiger partial charge in [0, 0.05) is 11.5 Å². The Balaban J connectivity index is 2.77. The van der Waals surface area contributed by atoms with Crippen LogP contribution >= 0.6 is 11.6 Å². The molecule has 88 valence electrons. The van der Waals surface area contributed by atoms with Gasteiger partial charge in [0.2, 0.25) is 0 Å². The Kier molecular flexibility index (Phi) is 5.12. The summed E-state index contributed by atoms with van der Waals surface area (Å²) in [5.74, 6) is 0.0270. The van der Waals surface area contributed by atoms with Crippen LogP contribution in [-0.4, -0.2) is 12.5 Å². The summed E-state index contributed by atoms with van der Waals surface area (Å²) >= 11 is 5.88. The van der Waals surface area contributed by atoms with Crippen LogP contribution in [0.15, 0.2) is 34.6 Å². The topological polar surface area (TPSA) is 52.3 Å². The molecule has 4 heteroatoms. The molecular formula is C12H16ClNO2. The molecule has 0 saturated carbocycles. The zero-order valence-corrected chi connectivity index (χ0v) is 10.1. The lowest BCUT2D eigenvalue weighted by atomic mass is 10.2. The molecule has 1 aliphatic carbocycles. The molecule has 2 N–H and O–H groups in total. The molecule has 0 saturated heterocycles. The number of amides is 1. The van der Waals surface area contributed by atoms with Crippen molar-refractivity contribution >= 4 is 17.5 Å². The molecule has 0 aromatic rings. The number of unbranched alkanes of at least 4 members (excludes halogenated alkanes) is 1. The van der Waals surface area contributed by atoms with Gasteiger partial charge in [-0.1, -0.05) is 31.0 Å². The first-order chi connectivity index (χ1) is 7.65. The Bertz CT molecular complexity index is 356. The zero-order valence-electron chi connectivity index (χ0n) is 9.33. The molecule has 3 nitrogen and oxygen atoms in total. The summed E-state index contributed by atoms with van der Waals surface area (Å²) in [5.41, 5.74) is 5.69. The third-order valence-electron chi connectivity index (χ3n) is 2.20. The fourth-order valence-corrected chi connectivity index (χ4v) is 1.44. The molecule has 0 aromatic carbocycles. The van der Waals surface area contributed by atoms with Crippen molar-refractivity contribution < 1.29 is 9.53 Å². The second kappa shape index (κ2) is 6.38. The zero-order chi connectivity index (χ0) is 12.0. The number of hydrogen-bond donors (Lipinski definition) is 1. The highest BCUT2D eigenvalue weighted by molar-refractivity contribution is 6.29. The van der Waals surface area contributed by atoms with Crippen molar-refractivity contribution in [2.45, 2.75) is 26.2 Å². The van der Waals surface area contributed by atoms with Gasteiger partial charge < -0.3 is 10.5 Å². The summed E-state index contributed by atoms with van der Waals surface area (Å²) in [5, 5.41) is 0.660. The van der Waals surface area contributed by atoms with E-state index in [1.54, 1.807) is 18.2 Å². The molecule has 0 aliphatic heterocycles. The van der Waals surface area contributed by atoms with Crippen LogP contribution in [-0.2, 0) is 9.53 Å². The standard InChI is InChI=1S/C12H16ClNO2/c1-2-3-8-16-11-7-5-9(13)4-6-10(11)12(14)15/h5-7H,2-4,8H2,1H3,(H2,14,15). The van der Waals surface area contributed by atoms with Crippen molar-refractivity contribution in [1.29, 1.82) is 0 Å². The van der Waals surface area contributed by atoms with E-state index >= 15 is 0 Å². The maximum atomic E-state index is 11.2. The van der Waals surface area contributed by atoms with Crippen LogP contribution in [0.2, 0.25) is 0 Å². The van der Waals surface area contributed by atoms with E-state index in [4.69, 9.17) is 22.1 Å². The number of allylic oxidation sites excluding steroid dienone is 4. The highest BCUT2D eigenvalue weighted by Gasteiger charge is 2.14. The minimum atomic E-state index is -0.484. The molecule has 0 aromatic heterocycles. The first-order valence-electron chi connectivity index (χ1n) is 5.34. The average molecular weight is 242 g/mol. The SMILES string of the molecule is CCCCOC1=CC=C(Cl)CC=C1C(N)=O. The van der Waals surface area contributed by atoms with Crippen LogP contribution in [0.4, 0.5) is 0 Å². The molecule has 0 bridgehead atoms. The van der Waals surface area contributed by atoms with Crippen molar-refractivity contribution in [3.8, 4) is 0 Å². The third-order valence-corrected chi connectivity index (χ3v) is 2.48. The van der Waals surface area contributed by atoms with E-state index < -0.39 is 5.91 Å². The molecule has 1 amide bonds. The number of carbonyl (C=O) groups excluding carboxylic acids is 1. The van der Waals surface area contributed by atoms with Gasteiger partial charge in [-0.05, 0) is 18.6 Å². The Hall–Kier alpha value is -1.22. The van der Waals surface area contributed by atoms with E-state index in [2.05, 4.69) is 6.92 Å². The Morgan fingerprint density at radius 3 is 2.94 bits per heavy atom. The van der Waals surface area contributed by atoms with Crippen LogP contribution in [0.5, 0.6) is 0 Å². The molecule has 0 fully saturated rings. The number of hydrogen-bond acceptors (Lipinski definition) is 2. The highest BCUT2D eigenvalue weighted by atomic mass is 35.5. The molecule has 16 heavy (non-hydrogen) atoms. The Morgan fingerprint density at radius 2 is 2.31 bits per heavy atom. The van der Waals surface area contributed by atoms with Gasteiger partial charge in [-0.3, -0.25) is 4.79 Å². The van der Waals surface area contributed by atoms with Crippen molar-refractivity contribution in [1.82, 2.24) is 0 Å². The predicted octanol–water partition coefficient (Wildman–Crippen LogP) is 2.63. The van der Waals surface area contributed by atoms with E-state index in [1.807, 2.05) is 0 Å². The minimum Gasteiger partial charge on any atom is -0.493 e. The van der Waals surface area contributed by atoms with Crippen LogP contribution in [0.1, 0.15) is 26.2 Å². The Labute approximate surface area is 101 Å². The van der Waals surface area contributed by atoms with E-state index in [0.29, 0.717) is 29.4 Å². The van der Waals surface area contributed by atoms with Gasteiger partial charge >= 0.3 is 0 Å². The van der Waals surface area contributed by atoms with Gasteiger partial charge in [-0.2, -0.15) is 0 Å². The van der Waals surface area contributed by atoms with Gasteiger partial charge in [0.05, 0.1) is 12.2 Å². The Morgan fingerprint density at radius 1 is 1.56 bits per heavy atom. The lowest BCUT2D eigenvalue weighted by Crippen LogP contribution is -2.17. The molecule has 0 unspecified atom stereocenters. The summed E-state index contributed by atoms with van der Waals surface area (Å²) in [6.45, 7) is 2.66. The summed E-state index contributed by atoms with van der Waals surface area (Å²) < 4.78 is 5.51. The third kappa shape index (κ3) is 3.74. The van der Waals surface area contributed by atoms with Crippen molar-refractivity contribution in [2.75, 3.05) is 6.61 Å². The summed E-state index contributed by atoms with van der Waals surface area (Å²) in [4.78, 5) is 11.2. The number of rotatable bonds is 5. The highest BCUT2D eigenvalue weighted by Crippen LogP contribution is 2.21. The largest absolute Gasteiger partial charge is 0.493 e.